The van der Waals surface area contributed by atoms with Gasteiger partial charge in [0, 0.05) is 18.1 Å². The Bertz CT molecular complexity index is 891. The highest BCUT2D eigenvalue weighted by molar-refractivity contribution is 6.04. The Kier molecular flexibility index (Phi) is 7.68. The number of para-hydroxylation sites is 1. The first-order valence-corrected chi connectivity index (χ1v) is 8.47. The molecular formula is C22H21NO4. The van der Waals surface area contributed by atoms with Crippen LogP contribution >= 0.6 is 0 Å². The molecule has 0 aliphatic rings. The molecule has 1 amide bonds. The minimum atomic E-state index is -0.337. The summed E-state index contributed by atoms with van der Waals surface area (Å²) in [6.45, 7) is 2.23. The van der Waals surface area contributed by atoms with E-state index < -0.39 is 0 Å². The van der Waals surface area contributed by atoms with Gasteiger partial charge in [-0.3, -0.25) is 9.59 Å². The zero-order valence-corrected chi connectivity index (χ0v) is 15.3. The maximum absolute atomic E-state index is 12.1. The number of carbonyl (C=O) groups is 2. The van der Waals surface area contributed by atoms with E-state index in [4.69, 9.17) is 9.47 Å². The van der Waals surface area contributed by atoms with Crippen LogP contribution in [0.2, 0.25) is 0 Å². The molecule has 0 heterocycles. The second-order valence-corrected chi connectivity index (χ2v) is 5.43. The lowest BCUT2D eigenvalue weighted by atomic mass is 10.1. The molecule has 0 radical (unpaired) electrons. The van der Waals surface area contributed by atoms with Crippen molar-refractivity contribution in [3.8, 4) is 23.3 Å². The lowest BCUT2D eigenvalue weighted by Crippen LogP contribution is -2.09. The second kappa shape index (κ2) is 10.5. The van der Waals surface area contributed by atoms with Gasteiger partial charge in [0.25, 0.3) is 0 Å². The predicted molar refractivity (Wildman–Crippen MR) is 106 cm³/mol. The minimum Gasteiger partial charge on any atom is -0.493 e. The number of carbonyl (C=O) groups excluding carboxylic acids is 2. The zero-order valence-electron chi connectivity index (χ0n) is 15.3. The van der Waals surface area contributed by atoms with E-state index in [1.54, 1.807) is 49.6 Å². The first kappa shape index (κ1) is 19.8. The third-order valence-corrected chi connectivity index (χ3v) is 3.56. The van der Waals surface area contributed by atoms with Crippen molar-refractivity contribution in [3.05, 3.63) is 59.7 Å². The highest BCUT2D eigenvalue weighted by Gasteiger charge is 2.06. The number of nitrogens with one attached hydrogen (secondary N) is 1. The van der Waals surface area contributed by atoms with Crippen LogP contribution in [0.1, 0.15) is 29.3 Å². The molecule has 138 valence electrons. The Labute approximate surface area is 159 Å². The van der Waals surface area contributed by atoms with E-state index >= 15 is 0 Å². The third kappa shape index (κ3) is 6.05. The Morgan fingerprint density at radius 1 is 1.15 bits per heavy atom. The van der Waals surface area contributed by atoms with Crippen LogP contribution in [0.15, 0.2) is 48.5 Å². The number of rotatable bonds is 7. The summed E-state index contributed by atoms with van der Waals surface area (Å²) < 4.78 is 10.9. The molecule has 5 nitrogen and oxygen atoms in total. The summed E-state index contributed by atoms with van der Waals surface area (Å²) in [4.78, 5) is 23.1. The topological polar surface area (TPSA) is 64.6 Å². The molecule has 2 aromatic rings. The molecule has 0 spiro atoms. The zero-order chi connectivity index (χ0) is 19.5. The second-order valence-electron chi connectivity index (χ2n) is 5.43. The lowest BCUT2D eigenvalue weighted by Gasteiger charge is -2.09. The lowest BCUT2D eigenvalue weighted by molar-refractivity contribution is -0.111. The van der Waals surface area contributed by atoms with Crippen LogP contribution in [0.25, 0.3) is 6.08 Å². The van der Waals surface area contributed by atoms with Crippen molar-refractivity contribution < 1.29 is 19.1 Å². The van der Waals surface area contributed by atoms with Crippen molar-refractivity contribution in [2.24, 2.45) is 0 Å². The Morgan fingerprint density at radius 3 is 2.70 bits per heavy atom. The van der Waals surface area contributed by atoms with Gasteiger partial charge in [0.15, 0.2) is 17.8 Å². The molecule has 27 heavy (non-hydrogen) atoms. The Balaban J connectivity index is 2.08. The van der Waals surface area contributed by atoms with Crippen molar-refractivity contribution in [1.82, 2.24) is 0 Å². The van der Waals surface area contributed by atoms with Crippen LogP contribution in [0, 0.1) is 11.8 Å². The maximum atomic E-state index is 12.1. The smallest absolute Gasteiger partial charge is 0.248 e. The van der Waals surface area contributed by atoms with Crippen molar-refractivity contribution in [1.29, 1.82) is 0 Å². The fourth-order valence-electron chi connectivity index (χ4n) is 2.26. The third-order valence-electron chi connectivity index (χ3n) is 3.56. The normalized spacial score (nSPS) is 10.0. The Morgan fingerprint density at radius 2 is 1.96 bits per heavy atom. The molecule has 0 fully saturated rings. The summed E-state index contributed by atoms with van der Waals surface area (Å²) in [5.41, 5.74) is 1.66. The van der Waals surface area contributed by atoms with E-state index in [1.165, 1.54) is 6.08 Å². The molecule has 1 N–H and O–H groups in total. The van der Waals surface area contributed by atoms with E-state index in [9.17, 15) is 9.59 Å². The van der Waals surface area contributed by atoms with Crippen molar-refractivity contribution in [3.63, 3.8) is 0 Å². The van der Waals surface area contributed by atoms with Gasteiger partial charge < -0.3 is 14.8 Å². The van der Waals surface area contributed by atoms with Crippen LogP contribution in [0.4, 0.5) is 5.69 Å². The summed E-state index contributed by atoms with van der Waals surface area (Å²) in [5.74, 6) is 6.65. The van der Waals surface area contributed by atoms with Crippen molar-refractivity contribution in [2.45, 2.75) is 13.3 Å². The van der Waals surface area contributed by atoms with Gasteiger partial charge >= 0.3 is 0 Å². The predicted octanol–water partition coefficient (Wildman–Crippen LogP) is 3.95. The average Bonchev–Trinajstić information content (AvgIpc) is 2.70. The maximum Gasteiger partial charge on any atom is 0.248 e. The van der Waals surface area contributed by atoms with Gasteiger partial charge in [0.05, 0.1) is 12.8 Å². The standard InChI is InChI=1S/C22H21NO4/c1-3-4-7-14-27-21-15-17(10-12-20(21)26-2)11-13-22(25)23-19-9-6-5-8-18(19)16-24/h5-6,8-13,15-16H,3,14H2,1-2H3,(H,23,25)/b13-11+. The quantitative estimate of drug-likeness (QED) is 0.460. The monoisotopic (exact) mass is 363 g/mol. The number of hydrogen-bond acceptors (Lipinski definition) is 4. The molecule has 0 atom stereocenters. The first-order valence-electron chi connectivity index (χ1n) is 8.47. The molecule has 0 unspecified atom stereocenters. The number of aldehydes is 1. The van der Waals surface area contributed by atoms with Crippen LogP contribution in [0.3, 0.4) is 0 Å². The minimum absolute atomic E-state index is 0.264. The molecule has 5 heteroatoms. The highest BCUT2D eigenvalue weighted by atomic mass is 16.5. The average molecular weight is 363 g/mol. The van der Waals surface area contributed by atoms with Crippen molar-refractivity contribution in [2.75, 3.05) is 19.0 Å². The van der Waals surface area contributed by atoms with Crippen molar-refractivity contribution >= 4 is 24.0 Å². The summed E-state index contributed by atoms with van der Waals surface area (Å²) in [6.07, 6.45) is 4.52. The van der Waals surface area contributed by atoms with Gasteiger partial charge in [-0.2, -0.15) is 0 Å². The van der Waals surface area contributed by atoms with Crippen LogP contribution in [-0.2, 0) is 4.79 Å². The molecule has 0 aliphatic carbocycles. The SMILES string of the molecule is CCC#CCOc1cc(/C=C/C(=O)Nc2ccccc2C=O)ccc1OC. The van der Waals surface area contributed by atoms with E-state index in [2.05, 4.69) is 17.2 Å². The van der Waals surface area contributed by atoms with E-state index in [-0.39, 0.29) is 12.5 Å². The van der Waals surface area contributed by atoms with Gasteiger partial charge in [0.1, 0.15) is 6.61 Å². The van der Waals surface area contributed by atoms with E-state index in [0.717, 1.165) is 12.0 Å². The fourth-order valence-corrected chi connectivity index (χ4v) is 2.26. The molecular weight excluding hydrogens is 342 g/mol. The summed E-state index contributed by atoms with van der Waals surface area (Å²) in [5, 5.41) is 2.69. The van der Waals surface area contributed by atoms with E-state index in [0.29, 0.717) is 29.0 Å². The van der Waals surface area contributed by atoms with Crippen LogP contribution in [-0.4, -0.2) is 25.9 Å². The van der Waals surface area contributed by atoms with Gasteiger partial charge in [-0.15, -0.1) is 5.92 Å². The van der Waals surface area contributed by atoms with E-state index in [1.807, 2.05) is 13.0 Å². The number of benzene rings is 2. The number of amides is 1. The van der Waals surface area contributed by atoms with Crippen LogP contribution in [0.5, 0.6) is 11.5 Å². The number of anilines is 1. The van der Waals surface area contributed by atoms with Gasteiger partial charge in [0.2, 0.25) is 5.91 Å². The highest BCUT2D eigenvalue weighted by Crippen LogP contribution is 2.28. The molecule has 0 saturated heterocycles. The molecule has 0 saturated carbocycles. The van der Waals surface area contributed by atoms with Gasteiger partial charge in [-0.25, -0.2) is 0 Å². The molecule has 0 aliphatic heterocycles. The van der Waals surface area contributed by atoms with Gasteiger partial charge in [-0.1, -0.05) is 31.0 Å². The summed E-state index contributed by atoms with van der Waals surface area (Å²) in [6, 6.07) is 12.1. The fraction of sp³-hybridized carbons (Fsp3) is 0.182. The molecule has 2 aromatic carbocycles. The van der Waals surface area contributed by atoms with Crippen LogP contribution < -0.4 is 14.8 Å². The largest absolute Gasteiger partial charge is 0.493 e. The molecule has 0 bridgehead atoms. The summed E-state index contributed by atoms with van der Waals surface area (Å²) in [7, 11) is 1.56. The molecule has 2 rings (SSSR count). The molecule has 0 aromatic heterocycles. The first-order chi connectivity index (χ1) is 13.2. The Hall–Kier alpha value is -3.52. The number of ether oxygens (including phenoxy) is 2. The number of hydrogen-bond donors (Lipinski definition) is 1. The number of methoxy groups -OCH3 is 1. The van der Waals surface area contributed by atoms with Gasteiger partial charge in [-0.05, 0) is 35.9 Å². The summed E-state index contributed by atoms with van der Waals surface area (Å²) >= 11 is 0.